The van der Waals surface area contributed by atoms with Gasteiger partial charge in [-0.1, -0.05) is 18.2 Å². The molecule has 23 heavy (non-hydrogen) atoms. The fourth-order valence-corrected chi connectivity index (χ4v) is 2.49. The molecule has 1 amide bonds. The van der Waals surface area contributed by atoms with E-state index in [-0.39, 0.29) is 18.3 Å². The van der Waals surface area contributed by atoms with Gasteiger partial charge in [0.15, 0.2) is 0 Å². The lowest BCUT2D eigenvalue weighted by Crippen LogP contribution is -2.43. The van der Waals surface area contributed by atoms with Gasteiger partial charge in [0, 0.05) is 38.3 Å². The van der Waals surface area contributed by atoms with E-state index in [1.165, 1.54) is 7.11 Å². The van der Waals surface area contributed by atoms with E-state index < -0.39 is 0 Å². The van der Waals surface area contributed by atoms with Crippen LogP contribution in [-0.4, -0.2) is 74.7 Å². The molecule has 0 radical (unpaired) electrons. The van der Waals surface area contributed by atoms with E-state index >= 15 is 0 Å². The standard InChI is InChI=1S/C17H24N2O4/c1-22-16(20)7-8-19(10-9-18-11-13-23-14-12-18)17(21)15-5-3-2-4-6-15/h2-6H,7-14H2,1H3. The summed E-state index contributed by atoms with van der Waals surface area (Å²) in [6, 6.07) is 9.15. The highest BCUT2D eigenvalue weighted by atomic mass is 16.5. The zero-order chi connectivity index (χ0) is 16.5. The van der Waals surface area contributed by atoms with Gasteiger partial charge in [-0.3, -0.25) is 14.5 Å². The zero-order valence-electron chi connectivity index (χ0n) is 13.6. The quantitative estimate of drug-likeness (QED) is 0.702. The van der Waals surface area contributed by atoms with Crippen molar-refractivity contribution in [2.24, 2.45) is 0 Å². The molecule has 0 aromatic heterocycles. The second kappa shape index (κ2) is 9.27. The summed E-state index contributed by atoms with van der Waals surface area (Å²) in [6.45, 7) is 4.96. The van der Waals surface area contributed by atoms with Crippen LogP contribution in [0.4, 0.5) is 0 Å². The number of carbonyl (C=O) groups is 2. The number of benzene rings is 1. The molecule has 1 aromatic carbocycles. The maximum atomic E-state index is 12.6. The Morgan fingerprint density at radius 3 is 2.52 bits per heavy atom. The third-order valence-corrected chi connectivity index (χ3v) is 3.91. The largest absolute Gasteiger partial charge is 0.469 e. The first-order valence-corrected chi connectivity index (χ1v) is 7.92. The Bertz CT molecular complexity index is 501. The number of esters is 1. The number of rotatable bonds is 7. The summed E-state index contributed by atoms with van der Waals surface area (Å²) in [6.07, 6.45) is 0.207. The van der Waals surface area contributed by atoms with E-state index in [2.05, 4.69) is 9.64 Å². The maximum Gasteiger partial charge on any atom is 0.307 e. The van der Waals surface area contributed by atoms with Gasteiger partial charge in [-0.15, -0.1) is 0 Å². The Morgan fingerprint density at radius 1 is 1.17 bits per heavy atom. The van der Waals surface area contributed by atoms with Crippen LogP contribution in [0, 0.1) is 0 Å². The van der Waals surface area contributed by atoms with Crippen molar-refractivity contribution in [3.05, 3.63) is 35.9 Å². The van der Waals surface area contributed by atoms with Crippen molar-refractivity contribution in [2.75, 3.05) is 53.0 Å². The van der Waals surface area contributed by atoms with Gasteiger partial charge in [0.2, 0.25) is 0 Å². The van der Waals surface area contributed by atoms with Crippen molar-refractivity contribution in [1.82, 2.24) is 9.80 Å². The summed E-state index contributed by atoms with van der Waals surface area (Å²) in [5.74, 6) is -0.356. The van der Waals surface area contributed by atoms with Crippen molar-refractivity contribution >= 4 is 11.9 Å². The molecule has 1 saturated heterocycles. The number of amides is 1. The molecule has 1 aromatic rings. The molecule has 0 bridgehead atoms. The smallest absolute Gasteiger partial charge is 0.307 e. The minimum atomic E-state index is -0.303. The Kier molecular flexibility index (Phi) is 7.03. The van der Waals surface area contributed by atoms with Crippen LogP contribution < -0.4 is 0 Å². The molecule has 126 valence electrons. The molecule has 1 heterocycles. The van der Waals surface area contributed by atoms with Crippen LogP contribution in [0.3, 0.4) is 0 Å². The number of ether oxygens (including phenoxy) is 2. The SMILES string of the molecule is COC(=O)CCN(CCN1CCOCC1)C(=O)c1ccccc1. The first-order valence-electron chi connectivity index (χ1n) is 7.92. The van der Waals surface area contributed by atoms with Crippen molar-refractivity contribution in [3.8, 4) is 0 Å². The molecule has 0 unspecified atom stereocenters. The molecule has 6 nitrogen and oxygen atoms in total. The fraction of sp³-hybridized carbons (Fsp3) is 0.529. The minimum absolute atomic E-state index is 0.0530. The molecule has 0 saturated carbocycles. The predicted molar refractivity (Wildman–Crippen MR) is 86.2 cm³/mol. The highest BCUT2D eigenvalue weighted by molar-refractivity contribution is 5.94. The number of hydrogen-bond donors (Lipinski definition) is 0. The Morgan fingerprint density at radius 2 is 1.87 bits per heavy atom. The molecule has 6 heteroatoms. The lowest BCUT2D eigenvalue weighted by Gasteiger charge is -2.30. The summed E-state index contributed by atoms with van der Waals surface area (Å²) in [5, 5.41) is 0. The average Bonchev–Trinajstić information content (AvgIpc) is 2.62. The van der Waals surface area contributed by atoms with Gasteiger partial charge >= 0.3 is 5.97 Å². The van der Waals surface area contributed by atoms with Crippen LogP contribution in [-0.2, 0) is 14.3 Å². The van der Waals surface area contributed by atoms with Crippen molar-refractivity contribution in [1.29, 1.82) is 0 Å². The van der Waals surface area contributed by atoms with Crippen LogP contribution in [0.1, 0.15) is 16.8 Å². The van der Waals surface area contributed by atoms with Gasteiger partial charge < -0.3 is 14.4 Å². The number of nitrogens with zero attached hydrogens (tertiary/aromatic N) is 2. The Labute approximate surface area is 137 Å². The molecular weight excluding hydrogens is 296 g/mol. The molecular formula is C17H24N2O4. The summed E-state index contributed by atoms with van der Waals surface area (Å²) in [5.41, 5.74) is 0.638. The minimum Gasteiger partial charge on any atom is -0.469 e. The van der Waals surface area contributed by atoms with Gasteiger partial charge in [0.05, 0.1) is 26.7 Å². The van der Waals surface area contributed by atoms with Crippen molar-refractivity contribution in [2.45, 2.75) is 6.42 Å². The van der Waals surface area contributed by atoms with Gasteiger partial charge in [-0.25, -0.2) is 0 Å². The van der Waals surface area contributed by atoms with Crippen LogP contribution >= 0.6 is 0 Å². The lowest BCUT2D eigenvalue weighted by molar-refractivity contribution is -0.140. The fourth-order valence-electron chi connectivity index (χ4n) is 2.49. The first-order chi connectivity index (χ1) is 11.2. The summed E-state index contributed by atoms with van der Waals surface area (Å²) in [4.78, 5) is 28.0. The van der Waals surface area contributed by atoms with Gasteiger partial charge in [0.1, 0.15) is 0 Å². The predicted octanol–water partition coefficient (Wildman–Crippen LogP) is 1.02. The summed E-state index contributed by atoms with van der Waals surface area (Å²) in [7, 11) is 1.36. The zero-order valence-corrected chi connectivity index (χ0v) is 13.6. The van der Waals surface area contributed by atoms with Gasteiger partial charge in [-0.2, -0.15) is 0 Å². The van der Waals surface area contributed by atoms with Crippen LogP contribution in [0.15, 0.2) is 30.3 Å². The molecule has 1 fully saturated rings. The van der Waals surface area contributed by atoms with Crippen LogP contribution in [0.5, 0.6) is 0 Å². The van der Waals surface area contributed by atoms with Gasteiger partial charge in [0.25, 0.3) is 5.91 Å². The van der Waals surface area contributed by atoms with Gasteiger partial charge in [-0.05, 0) is 12.1 Å². The summed E-state index contributed by atoms with van der Waals surface area (Å²) >= 11 is 0. The molecule has 0 N–H and O–H groups in total. The normalized spacial score (nSPS) is 15.2. The van der Waals surface area contributed by atoms with Crippen molar-refractivity contribution in [3.63, 3.8) is 0 Å². The third-order valence-electron chi connectivity index (χ3n) is 3.91. The van der Waals surface area contributed by atoms with Crippen molar-refractivity contribution < 1.29 is 19.1 Å². The number of carbonyl (C=O) groups excluding carboxylic acids is 2. The first kappa shape index (κ1) is 17.4. The third kappa shape index (κ3) is 5.65. The van der Waals surface area contributed by atoms with Crippen LogP contribution in [0.25, 0.3) is 0 Å². The topological polar surface area (TPSA) is 59.1 Å². The number of morpholine rings is 1. The molecule has 2 rings (SSSR count). The van der Waals surface area contributed by atoms with E-state index in [9.17, 15) is 9.59 Å². The highest BCUT2D eigenvalue weighted by Crippen LogP contribution is 2.07. The molecule has 1 aliphatic heterocycles. The van der Waals surface area contributed by atoms with Crippen LogP contribution in [0.2, 0.25) is 0 Å². The second-order valence-corrected chi connectivity index (χ2v) is 5.44. The average molecular weight is 320 g/mol. The maximum absolute atomic E-state index is 12.6. The van der Waals surface area contributed by atoms with E-state index in [4.69, 9.17) is 4.74 Å². The Hall–Kier alpha value is -1.92. The second-order valence-electron chi connectivity index (χ2n) is 5.44. The number of hydrogen-bond acceptors (Lipinski definition) is 5. The Balaban J connectivity index is 1.95. The lowest BCUT2D eigenvalue weighted by atomic mass is 10.2. The van der Waals surface area contributed by atoms with E-state index in [0.717, 1.165) is 32.8 Å². The molecule has 0 atom stereocenters. The molecule has 1 aliphatic rings. The van der Waals surface area contributed by atoms with E-state index in [0.29, 0.717) is 18.7 Å². The summed E-state index contributed by atoms with van der Waals surface area (Å²) < 4.78 is 10.0. The highest BCUT2D eigenvalue weighted by Gasteiger charge is 2.19. The molecule has 0 spiro atoms. The number of methoxy groups -OCH3 is 1. The van der Waals surface area contributed by atoms with E-state index in [1.807, 2.05) is 18.2 Å². The molecule has 0 aliphatic carbocycles. The monoisotopic (exact) mass is 320 g/mol. The van der Waals surface area contributed by atoms with E-state index in [1.54, 1.807) is 17.0 Å².